The highest BCUT2D eigenvalue weighted by atomic mass is 127. The van der Waals surface area contributed by atoms with Gasteiger partial charge < -0.3 is 4.74 Å². The first-order chi connectivity index (χ1) is 5.24. The third-order valence-corrected chi connectivity index (χ3v) is 2.28. The summed E-state index contributed by atoms with van der Waals surface area (Å²) in [5, 5.41) is 0. The first-order valence-corrected chi connectivity index (χ1v) is 4.56. The van der Waals surface area contributed by atoms with E-state index < -0.39 is 0 Å². The molecule has 0 N–H and O–H groups in total. The Morgan fingerprint density at radius 2 is 2.18 bits per heavy atom. The first kappa shape index (κ1) is 9.00. The standard InChI is InChI=1S/C9H11IO/c1-7-5-9(10)4-3-8(7)6-11-2/h3-5H,6H2,1-2H3. The summed E-state index contributed by atoms with van der Waals surface area (Å²) in [5.74, 6) is 0. The molecule has 0 amide bonds. The number of hydrogen-bond acceptors (Lipinski definition) is 1. The summed E-state index contributed by atoms with van der Waals surface area (Å²) in [6.07, 6.45) is 0. The predicted octanol–water partition coefficient (Wildman–Crippen LogP) is 2.75. The van der Waals surface area contributed by atoms with E-state index in [0.29, 0.717) is 6.61 Å². The topological polar surface area (TPSA) is 9.23 Å². The normalized spacial score (nSPS) is 10.1. The monoisotopic (exact) mass is 262 g/mol. The number of ether oxygens (including phenoxy) is 1. The molecule has 0 heterocycles. The molecular formula is C9H11IO. The molecule has 0 spiro atoms. The zero-order valence-corrected chi connectivity index (χ0v) is 8.88. The van der Waals surface area contributed by atoms with Crippen molar-refractivity contribution in [2.45, 2.75) is 13.5 Å². The van der Waals surface area contributed by atoms with E-state index in [1.54, 1.807) is 7.11 Å². The van der Waals surface area contributed by atoms with Gasteiger partial charge in [-0.15, -0.1) is 0 Å². The van der Waals surface area contributed by atoms with Crippen LogP contribution in [0.15, 0.2) is 18.2 Å². The lowest BCUT2D eigenvalue weighted by atomic mass is 10.1. The Kier molecular flexibility index (Phi) is 3.33. The molecule has 0 aliphatic carbocycles. The molecule has 1 aromatic rings. The molecule has 60 valence electrons. The summed E-state index contributed by atoms with van der Waals surface area (Å²) in [7, 11) is 1.72. The molecule has 0 atom stereocenters. The van der Waals surface area contributed by atoms with Crippen molar-refractivity contribution in [1.82, 2.24) is 0 Å². The van der Waals surface area contributed by atoms with Crippen LogP contribution in [0.4, 0.5) is 0 Å². The van der Waals surface area contributed by atoms with Crippen molar-refractivity contribution < 1.29 is 4.74 Å². The molecule has 0 saturated carbocycles. The van der Waals surface area contributed by atoms with Crippen molar-refractivity contribution in [2.24, 2.45) is 0 Å². The highest BCUT2D eigenvalue weighted by molar-refractivity contribution is 14.1. The second-order valence-corrected chi connectivity index (χ2v) is 3.75. The zero-order valence-electron chi connectivity index (χ0n) is 6.73. The molecule has 0 saturated heterocycles. The van der Waals surface area contributed by atoms with Gasteiger partial charge in [0, 0.05) is 10.7 Å². The van der Waals surface area contributed by atoms with Crippen LogP contribution < -0.4 is 0 Å². The van der Waals surface area contributed by atoms with Crippen LogP contribution >= 0.6 is 22.6 Å². The number of hydrogen-bond donors (Lipinski definition) is 0. The average molecular weight is 262 g/mol. The maximum absolute atomic E-state index is 5.05. The van der Waals surface area contributed by atoms with E-state index >= 15 is 0 Å². The average Bonchev–Trinajstić information content (AvgIpc) is 1.95. The molecule has 11 heavy (non-hydrogen) atoms. The zero-order chi connectivity index (χ0) is 8.27. The SMILES string of the molecule is COCc1ccc(I)cc1C. The molecule has 0 bridgehead atoms. The van der Waals surface area contributed by atoms with Crippen molar-refractivity contribution in [2.75, 3.05) is 7.11 Å². The van der Waals surface area contributed by atoms with Crippen molar-refractivity contribution in [3.63, 3.8) is 0 Å². The van der Waals surface area contributed by atoms with E-state index in [0.717, 1.165) is 0 Å². The number of halogens is 1. The molecule has 0 aliphatic heterocycles. The third kappa shape index (κ3) is 2.45. The minimum Gasteiger partial charge on any atom is -0.380 e. The van der Waals surface area contributed by atoms with Crippen LogP contribution in [-0.4, -0.2) is 7.11 Å². The number of benzene rings is 1. The second-order valence-electron chi connectivity index (χ2n) is 2.50. The third-order valence-electron chi connectivity index (χ3n) is 1.60. The fourth-order valence-electron chi connectivity index (χ4n) is 0.977. The fraction of sp³-hybridized carbons (Fsp3) is 0.333. The Bertz CT molecular complexity index is 245. The molecule has 0 fully saturated rings. The Balaban J connectivity index is 2.90. The van der Waals surface area contributed by atoms with Gasteiger partial charge in [0.2, 0.25) is 0 Å². The van der Waals surface area contributed by atoms with Gasteiger partial charge in [0.15, 0.2) is 0 Å². The lowest BCUT2D eigenvalue weighted by molar-refractivity contribution is 0.184. The van der Waals surface area contributed by atoms with Crippen molar-refractivity contribution >= 4 is 22.6 Å². The number of aryl methyl sites for hydroxylation is 1. The molecular weight excluding hydrogens is 251 g/mol. The Morgan fingerprint density at radius 1 is 1.45 bits per heavy atom. The fourth-order valence-corrected chi connectivity index (χ4v) is 1.62. The number of methoxy groups -OCH3 is 1. The smallest absolute Gasteiger partial charge is 0.0715 e. The van der Waals surface area contributed by atoms with E-state index in [4.69, 9.17) is 4.74 Å². The highest BCUT2D eigenvalue weighted by Crippen LogP contribution is 2.13. The van der Waals surface area contributed by atoms with Crippen molar-refractivity contribution in [3.05, 3.63) is 32.9 Å². The Hall–Kier alpha value is -0.0900. The van der Waals surface area contributed by atoms with Gasteiger partial charge in [-0.3, -0.25) is 0 Å². The van der Waals surface area contributed by atoms with E-state index in [2.05, 4.69) is 47.7 Å². The van der Waals surface area contributed by atoms with Gasteiger partial charge >= 0.3 is 0 Å². The van der Waals surface area contributed by atoms with E-state index in [9.17, 15) is 0 Å². The molecule has 1 aromatic carbocycles. The van der Waals surface area contributed by atoms with Crippen LogP contribution in [0.3, 0.4) is 0 Å². The molecule has 0 unspecified atom stereocenters. The van der Waals surface area contributed by atoms with Crippen LogP contribution in [0.5, 0.6) is 0 Å². The van der Waals surface area contributed by atoms with Crippen LogP contribution in [0.2, 0.25) is 0 Å². The van der Waals surface area contributed by atoms with Gasteiger partial charge in [-0.05, 0) is 52.8 Å². The van der Waals surface area contributed by atoms with Crippen LogP contribution in [0.25, 0.3) is 0 Å². The molecule has 0 aromatic heterocycles. The van der Waals surface area contributed by atoms with Gasteiger partial charge in [-0.25, -0.2) is 0 Å². The lowest BCUT2D eigenvalue weighted by Gasteiger charge is -2.03. The molecule has 2 heteroatoms. The van der Waals surface area contributed by atoms with E-state index in [1.807, 2.05) is 0 Å². The molecule has 1 rings (SSSR count). The van der Waals surface area contributed by atoms with Gasteiger partial charge in [0.1, 0.15) is 0 Å². The predicted molar refractivity (Wildman–Crippen MR) is 54.6 cm³/mol. The summed E-state index contributed by atoms with van der Waals surface area (Å²) >= 11 is 2.31. The minimum absolute atomic E-state index is 0.711. The van der Waals surface area contributed by atoms with Crippen LogP contribution in [-0.2, 0) is 11.3 Å². The summed E-state index contributed by atoms with van der Waals surface area (Å²) in [6.45, 7) is 2.82. The lowest BCUT2D eigenvalue weighted by Crippen LogP contribution is -1.91. The first-order valence-electron chi connectivity index (χ1n) is 3.48. The summed E-state index contributed by atoms with van der Waals surface area (Å²) < 4.78 is 6.32. The Morgan fingerprint density at radius 3 is 2.73 bits per heavy atom. The molecule has 0 aliphatic rings. The maximum Gasteiger partial charge on any atom is 0.0715 e. The number of rotatable bonds is 2. The van der Waals surface area contributed by atoms with Gasteiger partial charge in [-0.1, -0.05) is 6.07 Å². The van der Waals surface area contributed by atoms with Crippen LogP contribution in [0.1, 0.15) is 11.1 Å². The van der Waals surface area contributed by atoms with Crippen LogP contribution in [0, 0.1) is 10.5 Å². The van der Waals surface area contributed by atoms with E-state index in [-0.39, 0.29) is 0 Å². The molecule has 1 nitrogen and oxygen atoms in total. The molecule has 0 radical (unpaired) electrons. The van der Waals surface area contributed by atoms with Gasteiger partial charge in [-0.2, -0.15) is 0 Å². The van der Waals surface area contributed by atoms with Crippen molar-refractivity contribution in [3.8, 4) is 0 Å². The van der Waals surface area contributed by atoms with Gasteiger partial charge in [0.25, 0.3) is 0 Å². The second kappa shape index (κ2) is 4.07. The Labute approximate surface area is 80.9 Å². The maximum atomic E-state index is 5.05. The highest BCUT2D eigenvalue weighted by Gasteiger charge is 1.96. The summed E-state index contributed by atoms with van der Waals surface area (Å²) in [5.41, 5.74) is 2.58. The summed E-state index contributed by atoms with van der Waals surface area (Å²) in [6, 6.07) is 6.37. The largest absolute Gasteiger partial charge is 0.380 e. The van der Waals surface area contributed by atoms with Gasteiger partial charge in [0.05, 0.1) is 6.61 Å². The summed E-state index contributed by atoms with van der Waals surface area (Å²) in [4.78, 5) is 0. The quantitative estimate of drug-likeness (QED) is 0.744. The minimum atomic E-state index is 0.711. The van der Waals surface area contributed by atoms with Crippen molar-refractivity contribution in [1.29, 1.82) is 0 Å². The van der Waals surface area contributed by atoms with E-state index in [1.165, 1.54) is 14.7 Å².